The average molecular weight is 379 g/mol. The van der Waals surface area contributed by atoms with Gasteiger partial charge in [0.1, 0.15) is 11.4 Å². The van der Waals surface area contributed by atoms with E-state index in [9.17, 15) is 14.9 Å². The summed E-state index contributed by atoms with van der Waals surface area (Å²) in [5, 5.41) is 27.8. The molecule has 10 nitrogen and oxygen atoms in total. The number of hydrogen-bond donors (Lipinski definition) is 3. The SMILES string of the molecule is O=C(NCCNc1ccc(Nc2cccnc2)nn1)c1ccccc1[N+](=O)[O-]. The number of nitrogens with one attached hydrogen (secondary N) is 3. The summed E-state index contributed by atoms with van der Waals surface area (Å²) in [6, 6.07) is 13.0. The van der Waals surface area contributed by atoms with Gasteiger partial charge in [-0.25, -0.2) is 0 Å². The minimum Gasteiger partial charge on any atom is -0.367 e. The lowest BCUT2D eigenvalue weighted by atomic mass is 10.1. The smallest absolute Gasteiger partial charge is 0.282 e. The first-order valence-corrected chi connectivity index (χ1v) is 8.40. The maximum absolute atomic E-state index is 12.1. The predicted molar refractivity (Wildman–Crippen MR) is 103 cm³/mol. The first-order valence-electron chi connectivity index (χ1n) is 8.40. The molecule has 3 N–H and O–H groups in total. The molecule has 28 heavy (non-hydrogen) atoms. The van der Waals surface area contributed by atoms with E-state index in [1.54, 1.807) is 30.6 Å². The molecular formula is C18H17N7O3. The number of rotatable bonds is 8. The summed E-state index contributed by atoms with van der Waals surface area (Å²) in [7, 11) is 0. The van der Waals surface area contributed by atoms with Gasteiger partial charge in [-0.2, -0.15) is 0 Å². The van der Waals surface area contributed by atoms with Gasteiger partial charge in [-0.1, -0.05) is 12.1 Å². The highest BCUT2D eigenvalue weighted by Gasteiger charge is 2.18. The van der Waals surface area contributed by atoms with Crippen molar-refractivity contribution in [1.29, 1.82) is 0 Å². The Morgan fingerprint density at radius 3 is 2.50 bits per heavy atom. The molecule has 0 bridgehead atoms. The van der Waals surface area contributed by atoms with E-state index in [-0.39, 0.29) is 17.8 Å². The number of amides is 1. The van der Waals surface area contributed by atoms with Gasteiger partial charge in [0.05, 0.1) is 16.8 Å². The lowest BCUT2D eigenvalue weighted by Crippen LogP contribution is -2.29. The van der Waals surface area contributed by atoms with Gasteiger partial charge in [-0.15, -0.1) is 10.2 Å². The average Bonchev–Trinajstić information content (AvgIpc) is 2.73. The molecule has 0 fully saturated rings. The Hall–Kier alpha value is -4.08. The zero-order chi connectivity index (χ0) is 19.8. The third-order valence-electron chi connectivity index (χ3n) is 3.66. The van der Waals surface area contributed by atoms with Gasteiger partial charge in [0, 0.05) is 25.4 Å². The Morgan fingerprint density at radius 1 is 1.00 bits per heavy atom. The summed E-state index contributed by atoms with van der Waals surface area (Å²) in [5.41, 5.74) is 0.601. The van der Waals surface area contributed by atoms with Crippen LogP contribution < -0.4 is 16.0 Å². The van der Waals surface area contributed by atoms with Gasteiger partial charge in [0.2, 0.25) is 0 Å². The van der Waals surface area contributed by atoms with E-state index >= 15 is 0 Å². The molecule has 0 saturated carbocycles. The minimum absolute atomic E-state index is 0.0260. The number of aromatic nitrogens is 3. The van der Waals surface area contributed by atoms with Gasteiger partial charge in [-0.05, 0) is 30.3 Å². The fourth-order valence-corrected chi connectivity index (χ4v) is 2.36. The minimum atomic E-state index is -0.580. The molecule has 0 aliphatic heterocycles. The molecule has 10 heteroatoms. The summed E-state index contributed by atoms with van der Waals surface area (Å²) in [6.45, 7) is 0.651. The van der Waals surface area contributed by atoms with Crippen molar-refractivity contribution in [3.63, 3.8) is 0 Å². The van der Waals surface area contributed by atoms with E-state index in [4.69, 9.17) is 0 Å². The number of nitrogens with zero attached hydrogens (tertiary/aromatic N) is 4. The van der Waals surface area contributed by atoms with E-state index in [2.05, 4.69) is 31.1 Å². The first kappa shape index (κ1) is 18.7. The Labute approximate surface area is 160 Å². The number of carbonyl (C=O) groups is 1. The molecule has 1 aromatic carbocycles. The number of benzene rings is 1. The molecule has 2 aromatic heterocycles. The number of hydrogen-bond acceptors (Lipinski definition) is 8. The third-order valence-corrected chi connectivity index (χ3v) is 3.66. The monoisotopic (exact) mass is 379 g/mol. The van der Waals surface area contributed by atoms with Crippen molar-refractivity contribution in [3.8, 4) is 0 Å². The van der Waals surface area contributed by atoms with E-state index in [1.165, 1.54) is 18.2 Å². The number of anilines is 3. The summed E-state index contributed by atoms with van der Waals surface area (Å²) < 4.78 is 0. The van der Waals surface area contributed by atoms with Crippen molar-refractivity contribution in [2.24, 2.45) is 0 Å². The van der Waals surface area contributed by atoms with E-state index in [1.807, 2.05) is 12.1 Å². The summed E-state index contributed by atoms with van der Waals surface area (Å²) in [6.07, 6.45) is 3.35. The molecule has 142 valence electrons. The Kier molecular flexibility index (Phi) is 6.03. The highest BCUT2D eigenvalue weighted by Crippen LogP contribution is 2.17. The highest BCUT2D eigenvalue weighted by molar-refractivity contribution is 5.98. The van der Waals surface area contributed by atoms with Crippen LogP contribution in [0.2, 0.25) is 0 Å². The van der Waals surface area contributed by atoms with Crippen molar-refractivity contribution in [2.45, 2.75) is 0 Å². The molecule has 0 saturated heterocycles. The third kappa shape index (κ3) is 4.97. The number of pyridine rings is 1. The fraction of sp³-hybridized carbons (Fsp3) is 0.111. The molecule has 2 heterocycles. The van der Waals surface area contributed by atoms with Gasteiger partial charge in [0.25, 0.3) is 11.6 Å². The van der Waals surface area contributed by atoms with Crippen molar-refractivity contribution in [3.05, 3.63) is 76.6 Å². The molecule has 3 aromatic rings. The van der Waals surface area contributed by atoms with Crippen LogP contribution >= 0.6 is 0 Å². The zero-order valence-electron chi connectivity index (χ0n) is 14.7. The molecule has 0 radical (unpaired) electrons. The van der Waals surface area contributed by atoms with Gasteiger partial charge in [0.15, 0.2) is 5.82 Å². The first-order chi connectivity index (χ1) is 13.6. The van der Waals surface area contributed by atoms with Crippen LogP contribution in [0.4, 0.5) is 23.0 Å². The molecule has 0 atom stereocenters. The topological polar surface area (TPSA) is 135 Å². The molecule has 0 aliphatic carbocycles. The van der Waals surface area contributed by atoms with E-state index in [0.717, 1.165) is 5.69 Å². The van der Waals surface area contributed by atoms with Crippen LogP contribution in [0.5, 0.6) is 0 Å². The number of para-hydroxylation sites is 1. The van der Waals surface area contributed by atoms with Crippen LogP contribution in [-0.4, -0.2) is 39.1 Å². The maximum Gasteiger partial charge on any atom is 0.282 e. The lowest BCUT2D eigenvalue weighted by molar-refractivity contribution is -0.385. The van der Waals surface area contributed by atoms with E-state index in [0.29, 0.717) is 18.2 Å². The summed E-state index contributed by atoms with van der Waals surface area (Å²) in [4.78, 5) is 26.5. The molecule has 0 unspecified atom stereocenters. The van der Waals surface area contributed by atoms with Crippen LogP contribution in [0, 0.1) is 10.1 Å². The van der Waals surface area contributed by atoms with Gasteiger partial charge >= 0.3 is 0 Å². The molecule has 0 aliphatic rings. The fourth-order valence-electron chi connectivity index (χ4n) is 2.36. The van der Waals surface area contributed by atoms with Crippen LogP contribution in [-0.2, 0) is 0 Å². The second-order valence-corrected chi connectivity index (χ2v) is 5.63. The van der Waals surface area contributed by atoms with Crippen LogP contribution in [0.15, 0.2) is 60.9 Å². The largest absolute Gasteiger partial charge is 0.367 e. The predicted octanol–water partition coefficient (Wildman–Crippen LogP) is 2.37. The van der Waals surface area contributed by atoms with Gasteiger partial charge in [-0.3, -0.25) is 19.9 Å². The second kappa shape index (κ2) is 9.03. The summed E-state index contributed by atoms with van der Waals surface area (Å²) in [5.74, 6) is 0.608. The van der Waals surface area contributed by atoms with Crippen molar-refractivity contribution < 1.29 is 9.72 Å². The number of carbonyl (C=O) groups excluding carboxylic acids is 1. The van der Waals surface area contributed by atoms with Crippen molar-refractivity contribution >= 4 is 28.9 Å². The Morgan fingerprint density at radius 2 is 1.79 bits per heavy atom. The van der Waals surface area contributed by atoms with Crippen molar-refractivity contribution in [1.82, 2.24) is 20.5 Å². The van der Waals surface area contributed by atoms with Crippen LogP contribution in [0.3, 0.4) is 0 Å². The Bertz CT molecular complexity index is 949. The lowest BCUT2D eigenvalue weighted by Gasteiger charge is -2.08. The summed E-state index contributed by atoms with van der Waals surface area (Å²) >= 11 is 0. The highest BCUT2D eigenvalue weighted by atomic mass is 16.6. The number of nitro groups is 1. The normalized spacial score (nSPS) is 10.1. The zero-order valence-corrected chi connectivity index (χ0v) is 14.7. The molecule has 1 amide bonds. The van der Waals surface area contributed by atoms with Crippen LogP contribution in [0.1, 0.15) is 10.4 Å². The molecular weight excluding hydrogens is 362 g/mol. The van der Waals surface area contributed by atoms with E-state index < -0.39 is 10.8 Å². The molecule has 3 rings (SSSR count). The molecule has 0 spiro atoms. The van der Waals surface area contributed by atoms with Crippen molar-refractivity contribution in [2.75, 3.05) is 23.7 Å². The Balaban J connectivity index is 1.46. The number of nitro benzene ring substituents is 1. The second-order valence-electron chi connectivity index (χ2n) is 5.63. The maximum atomic E-state index is 12.1. The van der Waals surface area contributed by atoms with Crippen LogP contribution in [0.25, 0.3) is 0 Å². The standard InChI is InChI=1S/C18H17N7O3/c26-18(14-5-1-2-6-15(14)25(27)28)21-11-10-20-16-7-8-17(24-23-16)22-13-4-3-9-19-12-13/h1-9,12H,10-11H2,(H,20,23)(H,21,26)(H,22,24). The quantitative estimate of drug-likeness (QED) is 0.308. The van der Waals surface area contributed by atoms with Gasteiger partial charge < -0.3 is 16.0 Å².